The van der Waals surface area contributed by atoms with Gasteiger partial charge in [-0.2, -0.15) is 0 Å². The number of rotatable bonds is 29. The van der Waals surface area contributed by atoms with Crippen molar-refractivity contribution in [2.75, 3.05) is 0 Å². The molecule has 0 radical (unpaired) electrons. The summed E-state index contributed by atoms with van der Waals surface area (Å²) in [5.74, 6) is 0. The van der Waals surface area contributed by atoms with Crippen LogP contribution in [0, 0.1) is 0 Å². The van der Waals surface area contributed by atoms with Crippen molar-refractivity contribution in [1.82, 2.24) is 0 Å². The molecule has 8 aromatic heterocycles. The van der Waals surface area contributed by atoms with Crippen LogP contribution in [0.1, 0.15) is 162 Å². The third kappa shape index (κ3) is 13.9. The van der Waals surface area contributed by atoms with Gasteiger partial charge in [-0.3, -0.25) is 0 Å². The van der Waals surface area contributed by atoms with Gasteiger partial charge in [-0.25, -0.2) is 0 Å². The van der Waals surface area contributed by atoms with E-state index in [0.29, 0.717) is 0 Å². The number of unbranched alkanes of at least 4 members (excludes halogenated alkanes) is 12. The Balaban J connectivity index is 0.966. The second kappa shape index (κ2) is 27.1. The van der Waals surface area contributed by atoms with E-state index < -0.39 is 0 Å². The average Bonchev–Trinajstić information content (AvgIpc) is 4.20. The summed E-state index contributed by atoms with van der Waals surface area (Å²) in [6, 6.07) is 28.6. The smallest absolute Gasteiger partial charge is 0.0481 e. The molecule has 8 aromatic rings. The number of aryl methyl sites for hydroxylation is 4. The van der Waals surface area contributed by atoms with E-state index in [2.05, 4.69) is 136 Å². The van der Waals surface area contributed by atoms with E-state index in [9.17, 15) is 0 Å². The van der Waals surface area contributed by atoms with Crippen LogP contribution in [0.25, 0.3) is 70.7 Å². The number of thiophene rings is 8. The molecule has 0 saturated heterocycles. The maximum absolute atomic E-state index is 2.48. The van der Waals surface area contributed by atoms with E-state index >= 15 is 0 Å². The van der Waals surface area contributed by atoms with Crippen LogP contribution in [-0.2, 0) is 25.7 Å². The second-order valence-electron chi connectivity index (χ2n) is 18.2. The zero-order chi connectivity index (χ0) is 46.9. The van der Waals surface area contributed by atoms with E-state index in [-0.39, 0.29) is 0 Å². The Labute approximate surface area is 441 Å². The molecule has 0 saturated carbocycles. The normalized spacial score (nSPS) is 12.0. The standard InChI is InChI=1S/C60H70S8/c1-5-9-13-17-23-43-37-39-61-57(43)53-33-29-49(65-53)51-31-35-55(67-51)59-45(25-19-15-11-7-3)41-47(63-59)27-21-22-28-48-42-46(26-20-16-12-8-4)60(64-48)56-36-32-52(68-56)50-30-34-54(66-50)58-44(38-40-62-58)24-18-14-10-6-2/h21-22,27-42H,5-20,23-26H2,1-4H3/b27-21+,28-22+. The lowest BCUT2D eigenvalue weighted by Crippen LogP contribution is -1.85. The highest BCUT2D eigenvalue weighted by molar-refractivity contribution is 7.29. The molecule has 0 bridgehead atoms. The van der Waals surface area contributed by atoms with E-state index in [1.165, 1.54) is 206 Å². The fraction of sp³-hybridized carbons (Fsp3) is 0.400. The molecule has 0 nitrogen and oxygen atoms in total. The fourth-order valence-corrected chi connectivity index (χ4v) is 18.0. The predicted molar refractivity (Wildman–Crippen MR) is 318 cm³/mol. The Kier molecular flexibility index (Phi) is 20.5. The molecule has 0 atom stereocenters. The van der Waals surface area contributed by atoms with Gasteiger partial charge in [-0.1, -0.05) is 117 Å². The van der Waals surface area contributed by atoms with Crippen molar-refractivity contribution in [3.05, 3.63) is 128 Å². The van der Waals surface area contributed by atoms with Gasteiger partial charge in [0.15, 0.2) is 0 Å². The molecule has 0 aromatic carbocycles. The molecular weight excluding hydrogens is 977 g/mol. The zero-order valence-electron chi connectivity index (χ0n) is 40.8. The van der Waals surface area contributed by atoms with Crippen LogP contribution < -0.4 is 0 Å². The van der Waals surface area contributed by atoms with Gasteiger partial charge in [0.1, 0.15) is 0 Å². The molecule has 0 aliphatic heterocycles. The Morgan fingerprint density at radius 2 is 0.618 bits per heavy atom. The Morgan fingerprint density at radius 1 is 0.309 bits per heavy atom. The van der Waals surface area contributed by atoms with E-state index in [1.54, 1.807) is 0 Å². The fourth-order valence-electron chi connectivity index (χ4n) is 8.99. The molecule has 0 unspecified atom stereocenters. The van der Waals surface area contributed by atoms with Crippen LogP contribution in [0.15, 0.2) is 95.7 Å². The van der Waals surface area contributed by atoms with Crippen molar-refractivity contribution in [3.63, 3.8) is 0 Å². The topological polar surface area (TPSA) is 0 Å². The molecule has 8 rings (SSSR count). The van der Waals surface area contributed by atoms with Crippen LogP contribution in [0.3, 0.4) is 0 Å². The Hall–Kier alpha value is -2.92. The van der Waals surface area contributed by atoms with Crippen LogP contribution in [0.5, 0.6) is 0 Å². The SMILES string of the molecule is CCCCCCc1ccsc1-c1ccc(-c2ccc(-c3sc(/C=C/C=C/c4cc(CCCCCC)c(-c5ccc(-c6ccc(-c7sccc7CCCCCC)s6)s5)s4)cc3CCCCCC)s2)s1. The zero-order valence-corrected chi connectivity index (χ0v) is 47.3. The Bertz CT molecular complexity index is 2580. The van der Waals surface area contributed by atoms with Gasteiger partial charge in [0, 0.05) is 68.3 Å². The third-order valence-electron chi connectivity index (χ3n) is 12.8. The first-order valence-corrected chi connectivity index (χ1v) is 32.3. The second-order valence-corrected chi connectivity index (χ2v) is 26.5. The van der Waals surface area contributed by atoms with Gasteiger partial charge in [0.2, 0.25) is 0 Å². The first kappa shape index (κ1) is 51.4. The van der Waals surface area contributed by atoms with Gasteiger partial charge in [-0.05, 0) is 169 Å². The molecule has 0 N–H and O–H groups in total. The molecular formula is C60H70S8. The highest BCUT2D eigenvalue weighted by Gasteiger charge is 2.18. The van der Waals surface area contributed by atoms with Gasteiger partial charge in [0.05, 0.1) is 0 Å². The van der Waals surface area contributed by atoms with E-state index in [1.807, 2.05) is 90.7 Å². The predicted octanol–water partition coefficient (Wildman–Crippen LogP) is 23.4. The van der Waals surface area contributed by atoms with Crippen molar-refractivity contribution < 1.29 is 0 Å². The van der Waals surface area contributed by atoms with Crippen molar-refractivity contribution in [2.24, 2.45) is 0 Å². The minimum Gasteiger partial charge on any atom is -0.143 e. The highest BCUT2D eigenvalue weighted by atomic mass is 32.1. The number of allylic oxidation sites excluding steroid dienone is 2. The molecule has 0 fully saturated rings. The van der Waals surface area contributed by atoms with Crippen molar-refractivity contribution in [3.8, 4) is 58.5 Å². The summed E-state index contributed by atoms with van der Waals surface area (Å²) in [4.78, 5) is 19.8. The minimum atomic E-state index is 1.15. The molecule has 0 amide bonds. The third-order valence-corrected chi connectivity index (χ3v) is 22.4. The summed E-state index contributed by atoms with van der Waals surface area (Å²) >= 11 is 15.6. The van der Waals surface area contributed by atoms with Crippen LogP contribution in [-0.4, -0.2) is 0 Å². The van der Waals surface area contributed by atoms with Gasteiger partial charge in [0.25, 0.3) is 0 Å². The van der Waals surface area contributed by atoms with E-state index in [4.69, 9.17) is 0 Å². The Morgan fingerprint density at radius 3 is 0.956 bits per heavy atom. The molecule has 8 heteroatoms. The lowest BCUT2D eigenvalue weighted by atomic mass is 10.1. The largest absolute Gasteiger partial charge is 0.143 e. The maximum atomic E-state index is 2.48. The summed E-state index contributed by atoms with van der Waals surface area (Å²) in [5.41, 5.74) is 6.09. The summed E-state index contributed by atoms with van der Waals surface area (Å²) in [6.07, 6.45) is 34.7. The quantitative estimate of drug-likeness (QED) is 0.0324. The monoisotopic (exact) mass is 1050 g/mol. The van der Waals surface area contributed by atoms with Crippen molar-refractivity contribution >= 4 is 103 Å². The molecule has 0 aliphatic rings. The summed E-state index contributed by atoms with van der Waals surface area (Å²) in [7, 11) is 0. The van der Waals surface area contributed by atoms with Gasteiger partial charge < -0.3 is 0 Å². The molecule has 68 heavy (non-hydrogen) atoms. The van der Waals surface area contributed by atoms with Crippen LogP contribution in [0.2, 0.25) is 0 Å². The highest BCUT2D eigenvalue weighted by Crippen LogP contribution is 2.47. The lowest BCUT2D eigenvalue weighted by Gasteiger charge is -2.02. The number of hydrogen-bond donors (Lipinski definition) is 0. The summed E-state index contributed by atoms with van der Waals surface area (Å²) < 4.78 is 0. The van der Waals surface area contributed by atoms with Crippen LogP contribution >= 0.6 is 90.7 Å². The minimum absolute atomic E-state index is 1.15. The van der Waals surface area contributed by atoms with E-state index in [0.717, 1.165) is 12.8 Å². The molecule has 0 spiro atoms. The molecule has 0 aliphatic carbocycles. The summed E-state index contributed by atoms with van der Waals surface area (Å²) in [5, 5.41) is 4.58. The first-order valence-electron chi connectivity index (χ1n) is 25.7. The van der Waals surface area contributed by atoms with Gasteiger partial charge >= 0.3 is 0 Å². The number of hydrogen-bond acceptors (Lipinski definition) is 8. The average molecular weight is 1050 g/mol. The first-order chi connectivity index (χ1) is 33.5. The molecule has 8 heterocycles. The summed E-state index contributed by atoms with van der Waals surface area (Å²) in [6.45, 7) is 9.21. The van der Waals surface area contributed by atoms with Crippen molar-refractivity contribution in [1.29, 1.82) is 0 Å². The maximum Gasteiger partial charge on any atom is 0.0481 e. The molecule has 358 valence electrons. The van der Waals surface area contributed by atoms with Crippen molar-refractivity contribution in [2.45, 2.75) is 156 Å². The van der Waals surface area contributed by atoms with Crippen LogP contribution in [0.4, 0.5) is 0 Å². The lowest BCUT2D eigenvalue weighted by molar-refractivity contribution is 0.668. The van der Waals surface area contributed by atoms with Gasteiger partial charge in [-0.15, -0.1) is 90.7 Å².